The van der Waals surface area contributed by atoms with Gasteiger partial charge in [-0.15, -0.1) is 11.3 Å². The van der Waals surface area contributed by atoms with Gasteiger partial charge in [0.2, 0.25) is 0 Å². The summed E-state index contributed by atoms with van der Waals surface area (Å²) in [5.41, 5.74) is 7.28. The van der Waals surface area contributed by atoms with Crippen LogP contribution in [0.2, 0.25) is 0 Å². The van der Waals surface area contributed by atoms with Crippen molar-refractivity contribution in [1.82, 2.24) is 4.98 Å². The Labute approximate surface area is 108 Å². The minimum absolute atomic E-state index is 0.0105. The summed E-state index contributed by atoms with van der Waals surface area (Å²) in [7, 11) is 0. The second-order valence-corrected chi connectivity index (χ2v) is 6.99. The van der Waals surface area contributed by atoms with Gasteiger partial charge in [-0.3, -0.25) is 0 Å². The zero-order valence-electron chi connectivity index (χ0n) is 9.62. The summed E-state index contributed by atoms with van der Waals surface area (Å²) in [5.74, 6) is 0. The molecule has 2 nitrogen and oxygen atoms in total. The highest BCUT2D eigenvalue weighted by molar-refractivity contribution is 9.10. The predicted molar refractivity (Wildman–Crippen MR) is 73.7 cm³/mol. The summed E-state index contributed by atoms with van der Waals surface area (Å²) >= 11 is 5.14. The number of aromatic nitrogens is 1. The topological polar surface area (TPSA) is 38.9 Å². The van der Waals surface area contributed by atoms with Gasteiger partial charge in [0.1, 0.15) is 5.01 Å². The van der Waals surface area contributed by atoms with Gasteiger partial charge >= 0.3 is 0 Å². The third kappa shape index (κ3) is 2.29. The Kier molecular flexibility index (Phi) is 3.07. The van der Waals surface area contributed by atoms with Crippen molar-refractivity contribution < 1.29 is 0 Å². The number of thiazole rings is 1. The second-order valence-electron chi connectivity index (χ2n) is 5.01. The lowest BCUT2D eigenvalue weighted by molar-refractivity contribution is 0.326. The van der Waals surface area contributed by atoms with Crippen LogP contribution in [-0.2, 0) is 0 Å². The van der Waals surface area contributed by atoms with Gasteiger partial charge in [0.25, 0.3) is 0 Å². The molecule has 1 unspecified atom stereocenters. The van der Waals surface area contributed by atoms with Gasteiger partial charge in [-0.1, -0.05) is 36.7 Å². The Hall–Kier alpha value is -0.450. The highest BCUT2D eigenvalue weighted by atomic mass is 79.9. The lowest BCUT2D eigenvalue weighted by atomic mass is 9.88. The van der Waals surface area contributed by atoms with Crippen LogP contribution >= 0.6 is 27.3 Å². The molecule has 1 aromatic carbocycles. The molecule has 86 valence electrons. The Morgan fingerprint density at radius 3 is 2.69 bits per heavy atom. The van der Waals surface area contributed by atoms with E-state index in [2.05, 4.69) is 47.8 Å². The molecule has 4 heteroatoms. The van der Waals surface area contributed by atoms with Gasteiger partial charge in [-0.2, -0.15) is 0 Å². The zero-order valence-corrected chi connectivity index (χ0v) is 12.0. The fraction of sp³-hybridized carbons (Fsp3) is 0.417. The van der Waals surface area contributed by atoms with E-state index in [1.54, 1.807) is 11.3 Å². The van der Waals surface area contributed by atoms with Gasteiger partial charge in [0, 0.05) is 4.47 Å². The smallest absolute Gasteiger partial charge is 0.111 e. The van der Waals surface area contributed by atoms with Crippen molar-refractivity contribution in [3.05, 3.63) is 27.7 Å². The number of nitrogens with zero attached hydrogens (tertiary/aromatic N) is 1. The maximum absolute atomic E-state index is 6.21. The molecular weight excluding hydrogens is 284 g/mol. The molecule has 0 saturated heterocycles. The molecule has 0 amide bonds. The van der Waals surface area contributed by atoms with Gasteiger partial charge in [0.05, 0.1) is 16.3 Å². The van der Waals surface area contributed by atoms with E-state index in [0.29, 0.717) is 0 Å². The van der Waals surface area contributed by atoms with E-state index in [-0.39, 0.29) is 11.5 Å². The highest BCUT2D eigenvalue weighted by Crippen LogP contribution is 2.35. The third-order valence-electron chi connectivity index (χ3n) is 2.57. The summed E-state index contributed by atoms with van der Waals surface area (Å²) in [6, 6.07) is 6.14. The molecule has 16 heavy (non-hydrogen) atoms. The van der Waals surface area contributed by atoms with Crippen molar-refractivity contribution in [3.8, 4) is 0 Å². The number of rotatable bonds is 1. The standard InChI is InChI=1S/C12H15BrN2S/c1-12(2,3)10(14)11-15-8-6-7(13)4-5-9(8)16-11/h4-6,10H,14H2,1-3H3. The quantitative estimate of drug-likeness (QED) is 0.861. The molecule has 1 aromatic heterocycles. The van der Waals surface area contributed by atoms with E-state index < -0.39 is 0 Å². The fourth-order valence-electron chi connectivity index (χ4n) is 1.42. The molecule has 0 aliphatic carbocycles. The van der Waals surface area contributed by atoms with Crippen LogP contribution in [0.3, 0.4) is 0 Å². The Bertz CT molecular complexity index is 513. The van der Waals surface area contributed by atoms with Crippen LogP contribution in [0.4, 0.5) is 0 Å². The van der Waals surface area contributed by atoms with Crippen molar-refractivity contribution in [2.75, 3.05) is 0 Å². The summed E-state index contributed by atoms with van der Waals surface area (Å²) < 4.78 is 2.25. The SMILES string of the molecule is CC(C)(C)C(N)c1nc2cc(Br)ccc2s1. The first-order chi connectivity index (χ1) is 7.38. The molecule has 0 bridgehead atoms. The zero-order chi connectivity index (χ0) is 11.9. The molecule has 0 aliphatic rings. The number of fused-ring (bicyclic) bond motifs is 1. The Morgan fingerprint density at radius 1 is 1.38 bits per heavy atom. The normalized spacial score (nSPS) is 14.3. The summed E-state index contributed by atoms with van der Waals surface area (Å²) in [6.07, 6.45) is 0. The average Bonchev–Trinajstić information content (AvgIpc) is 2.57. The average molecular weight is 299 g/mol. The van der Waals surface area contributed by atoms with E-state index in [4.69, 9.17) is 5.73 Å². The number of nitrogens with two attached hydrogens (primary N) is 1. The highest BCUT2D eigenvalue weighted by Gasteiger charge is 2.25. The maximum atomic E-state index is 6.21. The van der Waals surface area contributed by atoms with Crippen molar-refractivity contribution in [3.63, 3.8) is 0 Å². The summed E-state index contributed by atoms with van der Waals surface area (Å²) in [5, 5.41) is 1.01. The van der Waals surface area contributed by atoms with Crippen molar-refractivity contribution in [2.45, 2.75) is 26.8 Å². The van der Waals surface area contributed by atoms with Gasteiger partial charge < -0.3 is 5.73 Å². The molecule has 1 atom stereocenters. The van der Waals surface area contributed by atoms with E-state index in [9.17, 15) is 0 Å². The molecule has 0 fully saturated rings. The van der Waals surface area contributed by atoms with E-state index in [1.807, 2.05) is 12.1 Å². The molecule has 0 saturated carbocycles. The first kappa shape index (κ1) is 12.0. The predicted octanol–water partition coefficient (Wildman–Crippen LogP) is 4.10. The molecule has 0 spiro atoms. The number of halogens is 1. The van der Waals surface area contributed by atoms with Crippen LogP contribution in [0.15, 0.2) is 22.7 Å². The maximum Gasteiger partial charge on any atom is 0.111 e. The molecular formula is C12H15BrN2S. The van der Waals surface area contributed by atoms with Crippen LogP contribution in [0.25, 0.3) is 10.2 Å². The van der Waals surface area contributed by atoms with Crippen LogP contribution in [0, 0.1) is 5.41 Å². The van der Waals surface area contributed by atoms with Crippen LogP contribution < -0.4 is 5.73 Å². The lowest BCUT2D eigenvalue weighted by Gasteiger charge is -2.24. The summed E-state index contributed by atoms with van der Waals surface area (Å²) in [4.78, 5) is 4.60. The van der Waals surface area contributed by atoms with E-state index in [0.717, 1.165) is 15.0 Å². The fourth-order valence-corrected chi connectivity index (χ4v) is 2.97. The molecule has 2 N–H and O–H groups in total. The largest absolute Gasteiger partial charge is 0.322 e. The second kappa shape index (κ2) is 4.09. The Balaban J connectivity index is 2.47. The van der Waals surface area contributed by atoms with Crippen LogP contribution in [0.5, 0.6) is 0 Å². The number of benzene rings is 1. The minimum atomic E-state index is -0.0105. The van der Waals surface area contributed by atoms with Gasteiger partial charge in [-0.25, -0.2) is 4.98 Å². The molecule has 2 aromatic rings. The monoisotopic (exact) mass is 298 g/mol. The van der Waals surface area contributed by atoms with Crippen LogP contribution in [0.1, 0.15) is 31.8 Å². The van der Waals surface area contributed by atoms with Gasteiger partial charge in [-0.05, 0) is 23.6 Å². The lowest BCUT2D eigenvalue weighted by Crippen LogP contribution is -2.25. The first-order valence-electron chi connectivity index (χ1n) is 5.19. The van der Waals surface area contributed by atoms with Crippen LogP contribution in [-0.4, -0.2) is 4.98 Å². The first-order valence-corrected chi connectivity index (χ1v) is 6.80. The molecule has 0 aliphatic heterocycles. The van der Waals surface area contributed by atoms with Crippen molar-refractivity contribution >= 4 is 37.5 Å². The number of hydrogen-bond acceptors (Lipinski definition) is 3. The van der Waals surface area contributed by atoms with E-state index >= 15 is 0 Å². The van der Waals surface area contributed by atoms with Gasteiger partial charge in [0.15, 0.2) is 0 Å². The Morgan fingerprint density at radius 2 is 2.06 bits per heavy atom. The minimum Gasteiger partial charge on any atom is -0.322 e. The summed E-state index contributed by atoms with van der Waals surface area (Å²) in [6.45, 7) is 6.42. The molecule has 1 heterocycles. The number of hydrogen-bond donors (Lipinski definition) is 1. The molecule has 0 radical (unpaired) electrons. The molecule has 2 rings (SSSR count). The van der Waals surface area contributed by atoms with E-state index in [1.165, 1.54) is 4.70 Å². The third-order valence-corrected chi connectivity index (χ3v) is 4.18. The van der Waals surface area contributed by atoms with Crippen molar-refractivity contribution in [2.24, 2.45) is 11.1 Å². The van der Waals surface area contributed by atoms with Crippen molar-refractivity contribution in [1.29, 1.82) is 0 Å².